The molecule has 1 heterocycles. The number of nitrogens with one attached hydrogen (secondary N) is 13. The molecule has 1 aliphatic heterocycles. The highest BCUT2D eigenvalue weighted by molar-refractivity contribution is 6.01. The number of nitrogens with two attached hydrogens (primary N) is 2. The second-order valence-corrected chi connectivity index (χ2v) is 30.8. The maximum Gasteiger partial charge on any atom is 0.490 e. The third kappa shape index (κ3) is 32.2. The number of alkyl carbamates (subject to hydrolysis) is 1. The van der Waals surface area contributed by atoms with Gasteiger partial charge in [-0.1, -0.05) is 187 Å². The molecule has 664 valence electrons. The average molecular weight is 1710 g/mol. The van der Waals surface area contributed by atoms with Gasteiger partial charge in [-0.3, -0.25) is 58.1 Å². The van der Waals surface area contributed by atoms with Crippen LogP contribution < -0.4 is 75.3 Å². The van der Waals surface area contributed by atoms with Crippen LogP contribution in [0.2, 0.25) is 0 Å². The van der Waals surface area contributed by atoms with Gasteiger partial charge in [0.2, 0.25) is 65.0 Å². The summed E-state index contributed by atoms with van der Waals surface area (Å²) in [4.78, 5) is 199. The number of carbonyl (C=O) groups excluding carboxylic acids is 13. The van der Waals surface area contributed by atoms with Crippen molar-refractivity contribution in [3.05, 3.63) is 156 Å². The molecule has 6 rings (SSSR count). The Kier molecular flexibility index (Phi) is 38.8. The Bertz CT molecular complexity index is 4390. The largest absolute Gasteiger partial charge is 0.490 e. The highest BCUT2D eigenvalue weighted by atomic mass is 19.4. The Balaban J connectivity index is 0.00000361. The Hall–Kier alpha value is -12.6. The number of ether oxygens (including phenoxy) is 2. The molecule has 0 bridgehead atoms. The van der Waals surface area contributed by atoms with Gasteiger partial charge in [0, 0.05) is 19.4 Å². The van der Waals surface area contributed by atoms with Gasteiger partial charge < -0.3 is 110 Å². The molecule has 1 fully saturated rings. The summed E-state index contributed by atoms with van der Waals surface area (Å²) >= 11 is 0. The summed E-state index contributed by atoms with van der Waals surface area (Å²) in [6.07, 6.45) is -15.3. The second kappa shape index (κ2) is 47.4. The van der Waals surface area contributed by atoms with E-state index in [4.69, 9.17) is 36.3 Å². The number of rotatable bonds is 26. The Morgan fingerprint density at radius 1 is 0.574 bits per heavy atom. The lowest BCUT2D eigenvalue weighted by atomic mass is 9.95. The smallest absolute Gasteiger partial charge is 0.475 e. The quantitative estimate of drug-likeness (QED) is 0.0157. The first-order valence-electron chi connectivity index (χ1n) is 39.2. The Morgan fingerprint density at radius 3 is 1.50 bits per heavy atom. The van der Waals surface area contributed by atoms with Crippen LogP contribution in [0.4, 0.5) is 18.0 Å². The van der Waals surface area contributed by atoms with Crippen molar-refractivity contribution in [3.63, 3.8) is 0 Å². The summed E-state index contributed by atoms with van der Waals surface area (Å²) in [6.45, 7) is 12.9. The number of hydrogen-bond acceptors (Lipinski definition) is 21. The number of hydrogen-bond donors (Lipinski definition) is 20. The van der Waals surface area contributed by atoms with Gasteiger partial charge in [-0.2, -0.15) is 13.2 Å². The molecular formula is C83H110F3N15O21. The van der Waals surface area contributed by atoms with E-state index in [0.717, 1.165) is 29.2 Å². The van der Waals surface area contributed by atoms with Gasteiger partial charge in [0.1, 0.15) is 60.0 Å². The predicted octanol–water partition coefficient (Wildman–Crippen LogP) is 0.702. The van der Waals surface area contributed by atoms with Crippen LogP contribution in [0.5, 0.6) is 0 Å². The molecule has 22 N–H and O–H groups in total. The first kappa shape index (κ1) is 99.9. The first-order valence-corrected chi connectivity index (χ1v) is 39.2. The maximum absolute atomic E-state index is 16.0. The van der Waals surface area contributed by atoms with Crippen LogP contribution in [0.15, 0.2) is 140 Å². The summed E-state index contributed by atoms with van der Waals surface area (Å²) < 4.78 is 43.5. The van der Waals surface area contributed by atoms with Gasteiger partial charge in [-0.15, -0.1) is 0 Å². The average Bonchev–Trinajstić information content (AvgIpc) is 0.802. The van der Waals surface area contributed by atoms with Crippen molar-refractivity contribution in [2.24, 2.45) is 29.2 Å². The van der Waals surface area contributed by atoms with Crippen LogP contribution >= 0.6 is 0 Å². The lowest BCUT2D eigenvalue weighted by Gasteiger charge is -2.33. The van der Waals surface area contributed by atoms with E-state index in [1.54, 1.807) is 84.9 Å². The number of carbonyl (C=O) groups is 14. The van der Waals surface area contributed by atoms with E-state index in [9.17, 15) is 72.0 Å². The van der Waals surface area contributed by atoms with Gasteiger partial charge in [0.15, 0.2) is 24.2 Å². The van der Waals surface area contributed by atoms with E-state index >= 15 is 24.0 Å². The van der Waals surface area contributed by atoms with Crippen LogP contribution in [-0.4, -0.2) is 225 Å². The van der Waals surface area contributed by atoms with E-state index in [2.05, 4.69) is 58.5 Å². The lowest BCUT2D eigenvalue weighted by Crippen LogP contribution is -2.64. The molecule has 122 heavy (non-hydrogen) atoms. The monoisotopic (exact) mass is 1710 g/mol. The number of guanidine groups is 1. The number of alkyl halides is 3. The highest BCUT2D eigenvalue weighted by Gasteiger charge is 2.45. The van der Waals surface area contributed by atoms with E-state index in [0.29, 0.717) is 11.1 Å². The van der Waals surface area contributed by atoms with Crippen LogP contribution in [0.25, 0.3) is 22.3 Å². The van der Waals surface area contributed by atoms with Crippen molar-refractivity contribution in [3.8, 4) is 22.3 Å². The van der Waals surface area contributed by atoms with Crippen LogP contribution in [0, 0.1) is 23.2 Å². The molecule has 15 atom stereocenters. The zero-order chi connectivity index (χ0) is 91.0. The number of benzene rings is 5. The SMILES string of the molecule is CC[C@H](C)[C@@H]1NC(=O)[C@@H](CCCNC(=N)N)NC(=O)[C@H](CC(C)C)NC(=O)[C@H]([C@H](O)C(C)C)NC(=O)[C@@H](NC(=O)[C@H](Cc2ccc(-c3ccccc3)cc2)NC(=O)[C@@H](Cc2ccc(-c3ccccc3)cc2)NC(=O)OC(C)(C)C)[C@@H](c2ccccc2)OC(=O)[C@H](CO)NC(=O)[C@H]([C@H](O)C(N)=O)NC(=O)CNC(=O)[C@H]([C@H](C)O)NC1=O.O=C(O)C(F)(F)F. The van der Waals surface area contributed by atoms with E-state index < -0.39 is 223 Å². The Labute approximate surface area is 702 Å². The zero-order valence-electron chi connectivity index (χ0n) is 69.0. The molecule has 0 aliphatic carbocycles. The van der Waals surface area contributed by atoms with Gasteiger partial charge >= 0.3 is 24.2 Å². The summed E-state index contributed by atoms with van der Waals surface area (Å²) in [5, 5.41) is 89.6. The summed E-state index contributed by atoms with van der Waals surface area (Å²) in [5.74, 6) is -20.7. The molecule has 0 aromatic heterocycles. The lowest BCUT2D eigenvalue weighted by molar-refractivity contribution is -0.192. The first-order chi connectivity index (χ1) is 57.3. The topological polar surface area (TPSA) is 579 Å². The minimum absolute atomic E-state index is 0.0148. The summed E-state index contributed by atoms with van der Waals surface area (Å²) in [5.41, 5.74) is 14.0. The van der Waals surface area contributed by atoms with Crippen molar-refractivity contribution < 1.29 is 115 Å². The number of carboxylic acid groups (broad SMARTS) is 1. The number of carboxylic acids is 1. The normalized spacial score (nSPS) is 21.1. The molecule has 39 heteroatoms. The summed E-state index contributed by atoms with van der Waals surface area (Å²) in [6, 6.07) is 20.4. The third-order valence-electron chi connectivity index (χ3n) is 19.0. The molecule has 0 spiro atoms. The molecule has 1 aliphatic rings. The van der Waals surface area contributed by atoms with Crippen LogP contribution in [0.3, 0.4) is 0 Å². The highest BCUT2D eigenvalue weighted by Crippen LogP contribution is 2.27. The molecule has 0 unspecified atom stereocenters. The molecule has 0 radical (unpaired) electrons. The van der Waals surface area contributed by atoms with Gasteiger partial charge in [0.05, 0.1) is 25.4 Å². The molecule has 0 saturated carbocycles. The van der Waals surface area contributed by atoms with Crippen molar-refractivity contribution in [1.82, 2.24) is 63.8 Å². The fourth-order valence-electron chi connectivity index (χ4n) is 12.2. The van der Waals surface area contributed by atoms with Crippen molar-refractivity contribution in [2.45, 2.75) is 204 Å². The molecule has 36 nitrogen and oxygen atoms in total. The van der Waals surface area contributed by atoms with Crippen LogP contribution in [0.1, 0.15) is 118 Å². The van der Waals surface area contributed by atoms with Crippen molar-refractivity contribution in [1.29, 1.82) is 5.41 Å². The number of amides is 12. The van der Waals surface area contributed by atoms with Gasteiger partial charge in [-0.25, -0.2) is 14.4 Å². The van der Waals surface area contributed by atoms with Gasteiger partial charge in [-0.05, 0) is 104 Å². The third-order valence-corrected chi connectivity index (χ3v) is 19.0. The van der Waals surface area contributed by atoms with E-state index in [1.165, 1.54) is 44.2 Å². The van der Waals surface area contributed by atoms with Crippen molar-refractivity contribution >= 4 is 89.0 Å². The van der Waals surface area contributed by atoms with Crippen LogP contribution in [-0.2, 0) is 84.6 Å². The number of aliphatic hydroxyl groups excluding tert-OH is 4. The molecule has 1 saturated heterocycles. The number of halogens is 3. The molecular weight excluding hydrogens is 1600 g/mol. The molecule has 5 aromatic carbocycles. The maximum atomic E-state index is 16.0. The zero-order valence-corrected chi connectivity index (χ0v) is 69.0. The fourth-order valence-corrected chi connectivity index (χ4v) is 12.2. The predicted molar refractivity (Wildman–Crippen MR) is 437 cm³/mol. The van der Waals surface area contributed by atoms with Gasteiger partial charge in [0.25, 0.3) is 0 Å². The molecule has 12 amide bonds. The van der Waals surface area contributed by atoms with Crippen molar-refractivity contribution in [2.75, 3.05) is 19.7 Å². The minimum Gasteiger partial charge on any atom is -0.475 e. The Morgan fingerprint density at radius 2 is 1.03 bits per heavy atom. The fraction of sp³-hybridized carbons (Fsp3) is 0.458. The number of cyclic esters (lactones) is 1. The molecule has 5 aromatic rings. The number of esters is 1. The summed E-state index contributed by atoms with van der Waals surface area (Å²) in [7, 11) is 0. The number of aliphatic hydroxyl groups is 4. The van der Waals surface area contributed by atoms with E-state index in [-0.39, 0.29) is 44.2 Å². The standard InChI is InChI=1S/C81H109N15O19.C2HF3O2/c1-11-45(6)60-74(108)94-61(46(7)98)73(107)86-41-59(99)92-63(66(101)68(82)102)76(110)90-58(42-97)78(112)114-67(53-26-19-14-20-27-53)64(77(111)95-62(65(100)44(4)5)75(109)89-55(38-43(2)3)70(104)87-54(69(103)93-60)28-21-37-85-79(83)84)96-72(106)56(39-47-29-33-51(34-30-47)49-22-15-12-16-23-49)88-71(105)57(91-80(113)115-81(8,9)10)40-48-31-35-52(36-32-48)50-24-17-13-18-25-50;3-2(4,5)1(6)7/h12-20,22-27,29-36,43-46,54-58,60-67,97-98,100-101H,11,21,28,37-42H2,1-10H3,(H2,82,102)(H,86,107)(H,87,104)(H,88,105)(H,89,109)(H,90,110)(H,91,113)(H,92,99)(H,93,103)(H,94,108)(H,95,111)(H,96,106)(H4,83,84,85);(H,6,7)/t45-,46-,54+,55-,56-,57+,58-,60-,61-,62-,63-,64-,65+,66-,67+;/m0./s1. The number of primary amides is 1. The second-order valence-electron chi connectivity index (χ2n) is 30.8. The van der Waals surface area contributed by atoms with E-state index in [1.807, 2.05) is 78.1 Å². The number of aliphatic carboxylic acids is 1. The minimum atomic E-state index is -5.08.